The highest BCUT2D eigenvalue weighted by Crippen LogP contribution is 2.32. The summed E-state index contributed by atoms with van der Waals surface area (Å²) in [6.07, 6.45) is -5.90. The van der Waals surface area contributed by atoms with Crippen LogP contribution in [0.4, 0.5) is 17.6 Å². The quantitative estimate of drug-likeness (QED) is 0.585. The minimum atomic E-state index is -5.04. The van der Waals surface area contributed by atoms with Crippen LogP contribution in [0.1, 0.15) is 5.56 Å². The minimum Gasteiger partial charge on any atom is -0.291 e. The second-order valence-electron chi connectivity index (χ2n) is 3.02. The largest absolute Gasteiger partial charge is 0.436 e. The predicted molar refractivity (Wildman–Crippen MR) is 44.2 cm³/mol. The van der Waals surface area contributed by atoms with Crippen molar-refractivity contribution in [2.75, 3.05) is 0 Å². The third-order valence-electron chi connectivity index (χ3n) is 1.78. The first-order valence-corrected chi connectivity index (χ1v) is 3.91. The van der Waals surface area contributed by atoms with Crippen molar-refractivity contribution in [2.45, 2.75) is 18.4 Å². The van der Waals surface area contributed by atoms with E-state index in [9.17, 15) is 17.6 Å². The van der Waals surface area contributed by atoms with Gasteiger partial charge in [-0.05, 0) is 5.56 Å². The van der Waals surface area contributed by atoms with E-state index in [0.29, 0.717) is 0 Å². The van der Waals surface area contributed by atoms with Gasteiger partial charge in [-0.25, -0.2) is 4.39 Å². The maximum Gasteiger partial charge on any atom is 0.436 e. The van der Waals surface area contributed by atoms with Gasteiger partial charge in [0, 0.05) is 6.42 Å². The lowest BCUT2D eigenvalue weighted by molar-refractivity contribution is -0.228. The molecule has 1 unspecified atom stereocenters. The summed E-state index contributed by atoms with van der Waals surface area (Å²) in [6, 6.07) is 7.48. The van der Waals surface area contributed by atoms with Crippen LogP contribution in [0.25, 0.3) is 0 Å². The van der Waals surface area contributed by atoms with Crippen LogP contribution in [-0.4, -0.2) is 12.0 Å². The summed E-state index contributed by atoms with van der Waals surface area (Å²) in [5, 5.41) is 0. The van der Waals surface area contributed by atoms with Gasteiger partial charge in [-0.3, -0.25) is 5.73 Å². The van der Waals surface area contributed by atoms with E-state index in [0.717, 1.165) is 0 Å². The fourth-order valence-corrected chi connectivity index (χ4v) is 0.993. The fraction of sp³-hybridized carbons (Fsp3) is 0.333. The van der Waals surface area contributed by atoms with Crippen LogP contribution in [0.5, 0.6) is 0 Å². The van der Waals surface area contributed by atoms with Crippen molar-refractivity contribution in [1.82, 2.24) is 0 Å². The number of benzene rings is 1. The van der Waals surface area contributed by atoms with Crippen molar-refractivity contribution < 1.29 is 17.6 Å². The smallest absolute Gasteiger partial charge is 0.291 e. The van der Waals surface area contributed by atoms with Gasteiger partial charge < -0.3 is 0 Å². The predicted octanol–water partition coefficient (Wildman–Crippen LogP) is 2.42. The molecule has 0 saturated carbocycles. The summed E-state index contributed by atoms with van der Waals surface area (Å²) < 4.78 is 49.0. The lowest BCUT2D eigenvalue weighted by Crippen LogP contribution is -2.51. The zero-order chi connectivity index (χ0) is 10.8. The summed E-state index contributed by atoms with van der Waals surface area (Å²) in [7, 11) is 0. The molecule has 0 aliphatic rings. The topological polar surface area (TPSA) is 26.0 Å². The zero-order valence-corrected chi connectivity index (χ0v) is 7.18. The lowest BCUT2D eigenvalue weighted by atomic mass is 10.0. The molecule has 0 aromatic heterocycles. The van der Waals surface area contributed by atoms with E-state index in [-0.39, 0.29) is 5.56 Å². The Morgan fingerprint density at radius 3 is 1.93 bits per heavy atom. The molecular weight excluding hydrogens is 198 g/mol. The van der Waals surface area contributed by atoms with Crippen molar-refractivity contribution in [3.8, 4) is 0 Å². The van der Waals surface area contributed by atoms with Gasteiger partial charge in [0.05, 0.1) is 0 Å². The highest BCUT2D eigenvalue weighted by molar-refractivity contribution is 5.17. The Morgan fingerprint density at radius 2 is 1.50 bits per heavy atom. The van der Waals surface area contributed by atoms with Crippen molar-refractivity contribution in [3.05, 3.63) is 35.9 Å². The third-order valence-corrected chi connectivity index (χ3v) is 1.78. The van der Waals surface area contributed by atoms with Gasteiger partial charge >= 0.3 is 6.18 Å². The van der Waals surface area contributed by atoms with Crippen molar-refractivity contribution >= 4 is 0 Å². The van der Waals surface area contributed by atoms with E-state index in [1.54, 1.807) is 6.07 Å². The molecule has 78 valence electrons. The molecule has 0 fully saturated rings. The number of hydrogen-bond donors (Lipinski definition) is 1. The average molecular weight is 207 g/mol. The molecule has 1 aromatic carbocycles. The Balaban J connectivity index is 2.79. The molecule has 14 heavy (non-hydrogen) atoms. The molecule has 0 aliphatic carbocycles. The molecule has 0 heterocycles. The first-order valence-electron chi connectivity index (χ1n) is 3.91. The molecule has 2 N–H and O–H groups in total. The normalized spacial score (nSPS) is 16.4. The van der Waals surface area contributed by atoms with Crippen molar-refractivity contribution in [2.24, 2.45) is 5.73 Å². The van der Waals surface area contributed by atoms with E-state index in [1.165, 1.54) is 24.3 Å². The lowest BCUT2D eigenvalue weighted by Gasteiger charge is -2.23. The number of hydrogen-bond acceptors (Lipinski definition) is 1. The van der Waals surface area contributed by atoms with Gasteiger partial charge in [-0.1, -0.05) is 30.3 Å². The van der Waals surface area contributed by atoms with Crippen LogP contribution in [0.15, 0.2) is 30.3 Å². The van der Waals surface area contributed by atoms with Crippen LogP contribution in [-0.2, 0) is 6.42 Å². The van der Waals surface area contributed by atoms with Gasteiger partial charge in [-0.2, -0.15) is 13.2 Å². The van der Waals surface area contributed by atoms with Gasteiger partial charge in [0.2, 0.25) is 0 Å². The Hall–Kier alpha value is -1.10. The molecule has 0 aliphatic heterocycles. The van der Waals surface area contributed by atoms with E-state index in [1.807, 2.05) is 0 Å². The van der Waals surface area contributed by atoms with Crippen LogP contribution in [0.2, 0.25) is 0 Å². The second kappa shape index (κ2) is 3.57. The number of nitrogens with two attached hydrogens (primary N) is 1. The van der Waals surface area contributed by atoms with E-state index >= 15 is 0 Å². The van der Waals surface area contributed by atoms with Crippen molar-refractivity contribution in [3.63, 3.8) is 0 Å². The summed E-state index contributed by atoms with van der Waals surface area (Å²) in [5.41, 5.74) is 4.75. The highest BCUT2D eigenvalue weighted by Gasteiger charge is 2.52. The van der Waals surface area contributed by atoms with Crippen LogP contribution >= 0.6 is 0 Å². The maximum absolute atomic E-state index is 12.9. The Bertz CT molecular complexity index is 291. The molecule has 0 bridgehead atoms. The molecule has 1 rings (SSSR count). The molecule has 5 heteroatoms. The molecule has 1 atom stereocenters. The molecule has 1 aromatic rings. The highest BCUT2D eigenvalue weighted by atomic mass is 19.4. The maximum atomic E-state index is 12.9. The minimum absolute atomic E-state index is 0.217. The molecular formula is C9H9F4N. The monoisotopic (exact) mass is 207 g/mol. The number of halogens is 4. The Kier molecular flexibility index (Phi) is 2.80. The second-order valence-corrected chi connectivity index (χ2v) is 3.02. The van der Waals surface area contributed by atoms with E-state index < -0.39 is 18.4 Å². The van der Waals surface area contributed by atoms with E-state index in [4.69, 9.17) is 0 Å². The van der Waals surface area contributed by atoms with Crippen LogP contribution in [0, 0.1) is 0 Å². The summed E-state index contributed by atoms with van der Waals surface area (Å²) in [4.78, 5) is 0. The Labute approximate surface area is 78.5 Å². The Morgan fingerprint density at radius 1 is 1.00 bits per heavy atom. The molecule has 0 amide bonds. The summed E-state index contributed by atoms with van der Waals surface area (Å²) >= 11 is 0. The third kappa shape index (κ3) is 2.45. The van der Waals surface area contributed by atoms with Gasteiger partial charge in [0.15, 0.2) is 0 Å². The molecule has 0 saturated heterocycles. The SMILES string of the molecule is NC(F)(Cc1ccccc1)C(F)(F)F. The number of rotatable bonds is 2. The van der Waals surface area contributed by atoms with Gasteiger partial charge in [-0.15, -0.1) is 0 Å². The summed E-state index contributed by atoms with van der Waals surface area (Å²) in [5.74, 6) is -3.66. The van der Waals surface area contributed by atoms with Gasteiger partial charge in [0.25, 0.3) is 5.79 Å². The fourth-order valence-electron chi connectivity index (χ4n) is 0.993. The van der Waals surface area contributed by atoms with E-state index in [2.05, 4.69) is 5.73 Å². The average Bonchev–Trinajstić information content (AvgIpc) is 2.03. The van der Waals surface area contributed by atoms with Gasteiger partial charge in [0.1, 0.15) is 0 Å². The zero-order valence-electron chi connectivity index (χ0n) is 7.18. The van der Waals surface area contributed by atoms with Crippen LogP contribution < -0.4 is 5.73 Å². The first-order chi connectivity index (χ1) is 6.33. The molecule has 0 spiro atoms. The van der Waals surface area contributed by atoms with Crippen LogP contribution in [0.3, 0.4) is 0 Å². The molecule has 1 nitrogen and oxygen atoms in total. The number of alkyl halides is 4. The molecule has 0 radical (unpaired) electrons. The standard InChI is InChI=1S/C9H9F4N/c10-8(14,9(11,12)13)6-7-4-2-1-3-5-7/h1-5H,6,14H2. The summed E-state index contributed by atoms with van der Waals surface area (Å²) in [6.45, 7) is 0. The van der Waals surface area contributed by atoms with Crippen molar-refractivity contribution in [1.29, 1.82) is 0 Å². The first kappa shape index (κ1) is 11.0.